The van der Waals surface area contributed by atoms with Crippen molar-refractivity contribution in [3.63, 3.8) is 0 Å². The van der Waals surface area contributed by atoms with E-state index in [0.717, 1.165) is 23.2 Å². The third kappa shape index (κ3) is 4.30. The molecule has 1 N–H and O–H groups in total. The predicted molar refractivity (Wildman–Crippen MR) is 79.2 cm³/mol. The molecule has 0 spiro atoms. The zero-order chi connectivity index (χ0) is 13.8. The molecule has 1 aliphatic heterocycles. The number of hydrogen-bond acceptors (Lipinski definition) is 3. The first-order valence-corrected chi connectivity index (χ1v) is 7.26. The van der Waals surface area contributed by atoms with Crippen molar-refractivity contribution in [1.82, 2.24) is 4.90 Å². The molecule has 1 heterocycles. The molecule has 1 saturated heterocycles. The fraction of sp³-hybridized carbons (Fsp3) is 0.500. The van der Waals surface area contributed by atoms with Crippen molar-refractivity contribution in [3.05, 3.63) is 28.7 Å². The molecule has 0 saturated carbocycles. The molecule has 0 aliphatic carbocycles. The number of anilines is 1. The Kier molecular flexibility index (Phi) is 4.96. The second-order valence-electron chi connectivity index (χ2n) is 4.98. The summed E-state index contributed by atoms with van der Waals surface area (Å²) in [5.41, 5.74) is 0.807. The van der Waals surface area contributed by atoms with Crippen molar-refractivity contribution in [3.8, 4) is 0 Å². The number of nitrogens with one attached hydrogen (secondary N) is 1. The second-order valence-corrected chi connectivity index (χ2v) is 5.83. The highest BCUT2D eigenvalue weighted by molar-refractivity contribution is 9.10. The van der Waals surface area contributed by atoms with Crippen molar-refractivity contribution in [2.24, 2.45) is 0 Å². The maximum atomic E-state index is 12.0. The summed E-state index contributed by atoms with van der Waals surface area (Å²) in [4.78, 5) is 14.2. The van der Waals surface area contributed by atoms with E-state index in [2.05, 4.69) is 26.1 Å². The van der Waals surface area contributed by atoms with E-state index in [0.29, 0.717) is 6.54 Å². The molecule has 0 unspecified atom stereocenters. The Hall–Kier alpha value is -0.910. The molecule has 0 aromatic heterocycles. The normalized spacial score (nSPS) is 24.2. The molecule has 1 aromatic rings. The van der Waals surface area contributed by atoms with Gasteiger partial charge in [-0.15, -0.1) is 0 Å². The summed E-state index contributed by atoms with van der Waals surface area (Å²) in [6.07, 6.45) is 0.361. The Morgan fingerprint density at radius 2 is 2.00 bits per heavy atom. The van der Waals surface area contributed by atoms with Gasteiger partial charge in [-0.05, 0) is 41.9 Å². The van der Waals surface area contributed by atoms with Gasteiger partial charge in [0.25, 0.3) is 0 Å². The number of amides is 1. The minimum atomic E-state index is 0.00759. The fourth-order valence-electron chi connectivity index (χ4n) is 2.37. The van der Waals surface area contributed by atoms with Gasteiger partial charge in [0.05, 0.1) is 24.4 Å². The lowest BCUT2D eigenvalue weighted by atomic mass is 10.2. The van der Waals surface area contributed by atoms with Gasteiger partial charge in [0, 0.05) is 17.6 Å². The maximum absolute atomic E-state index is 12.0. The molecule has 1 aromatic carbocycles. The number of ether oxygens (including phenoxy) is 1. The number of morpholine rings is 1. The summed E-state index contributed by atoms with van der Waals surface area (Å²) in [6, 6.07) is 7.62. The molecule has 2 rings (SSSR count). The quantitative estimate of drug-likeness (QED) is 0.927. The van der Waals surface area contributed by atoms with E-state index in [1.165, 1.54) is 0 Å². The minimum absolute atomic E-state index is 0.00759. The van der Waals surface area contributed by atoms with Crippen molar-refractivity contribution in [2.75, 3.05) is 25.0 Å². The molecule has 1 aliphatic rings. The molecular formula is C14H19BrN2O2. The zero-order valence-electron chi connectivity index (χ0n) is 11.2. The summed E-state index contributed by atoms with van der Waals surface area (Å²) in [7, 11) is 0. The number of rotatable bonds is 3. The van der Waals surface area contributed by atoms with Gasteiger partial charge in [-0.3, -0.25) is 9.69 Å². The first kappa shape index (κ1) is 14.5. The molecular weight excluding hydrogens is 308 g/mol. The van der Waals surface area contributed by atoms with E-state index in [4.69, 9.17) is 4.74 Å². The third-order valence-corrected chi connectivity index (χ3v) is 3.70. The lowest BCUT2D eigenvalue weighted by Crippen LogP contribution is -2.48. The average Bonchev–Trinajstić information content (AvgIpc) is 2.30. The van der Waals surface area contributed by atoms with Crippen LogP contribution in [-0.4, -0.2) is 42.6 Å². The first-order valence-electron chi connectivity index (χ1n) is 6.47. The van der Waals surface area contributed by atoms with Crippen LogP contribution in [0.3, 0.4) is 0 Å². The minimum Gasteiger partial charge on any atom is -0.373 e. The third-order valence-electron chi connectivity index (χ3n) is 3.01. The number of carbonyl (C=O) groups is 1. The highest BCUT2D eigenvalue weighted by Crippen LogP contribution is 2.21. The zero-order valence-corrected chi connectivity index (χ0v) is 12.8. The molecule has 1 fully saturated rings. The van der Waals surface area contributed by atoms with Crippen LogP contribution in [0.2, 0.25) is 0 Å². The maximum Gasteiger partial charge on any atom is 0.238 e. The molecule has 104 valence electrons. The number of para-hydroxylation sites is 1. The van der Waals surface area contributed by atoms with E-state index < -0.39 is 0 Å². The summed E-state index contributed by atoms with van der Waals surface area (Å²) >= 11 is 3.42. The Morgan fingerprint density at radius 1 is 1.37 bits per heavy atom. The Balaban J connectivity index is 1.89. The van der Waals surface area contributed by atoms with Gasteiger partial charge in [-0.25, -0.2) is 0 Å². The van der Waals surface area contributed by atoms with E-state index in [9.17, 15) is 4.79 Å². The molecule has 5 heteroatoms. The standard InChI is InChI=1S/C14H19BrN2O2/c1-10-7-17(8-11(2)19-10)9-14(18)16-13-6-4-3-5-12(13)15/h3-6,10-11H,7-9H2,1-2H3,(H,16,18)/t10-,11-/m0/s1. The lowest BCUT2D eigenvalue weighted by Gasteiger charge is -2.34. The van der Waals surface area contributed by atoms with Crippen molar-refractivity contribution < 1.29 is 9.53 Å². The Labute approximate surface area is 122 Å². The van der Waals surface area contributed by atoms with Crippen molar-refractivity contribution >= 4 is 27.5 Å². The smallest absolute Gasteiger partial charge is 0.238 e. The molecule has 19 heavy (non-hydrogen) atoms. The van der Waals surface area contributed by atoms with Gasteiger partial charge in [0.2, 0.25) is 5.91 Å². The SMILES string of the molecule is C[C@H]1CN(CC(=O)Nc2ccccc2Br)C[C@H](C)O1. The van der Waals surface area contributed by atoms with Crippen LogP contribution in [0, 0.1) is 0 Å². The summed E-state index contributed by atoms with van der Waals surface area (Å²) in [5.74, 6) is 0.00759. The van der Waals surface area contributed by atoms with E-state index in [-0.39, 0.29) is 18.1 Å². The van der Waals surface area contributed by atoms with Crippen molar-refractivity contribution in [1.29, 1.82) is 0 Å². The highest BCUT2D eigenvalue weighted by atomic mass is 79.9. The van der Waals surface area contributed by atoms with E-state index >= 15 is 0 Å². The van der Waals surface area contributed by atoms with Crippen LogP contribution < -0.4 is 5.32 Å². The van der Waals surface area contributed by atoms with Crippen LogP contribution in [0.5, 0.6) is 0 Å². The predicted octanol–water partition coefficient (Wildman–Crippen LogP) is 2.50. The molecule has 1 amide bonds. The monoisotopic (exact) mass is 326 g/mol. The molecule has 0 bridgehead atoms. The van der Waals surface area contributed by atoms with E-state index in [1.54, 1.807) is 0 Å². The van der Waals surface area contributed by atoms with Crippen LogP contribution in [-0.2, 0) is 9.53 Å². The Morgan fingerprint density at radius 3 is 2.63 bits per heavy atom. The number of halogens is 1. The summed E-state index contributed by atoms with van der Waals surface area (Å²) < 4.78 is 6.55. The lowest BCUT2D eigenvalue weighted by molar-refractivity contribution is -0.121. The topological polar surface area (TPSA) is 41.6 Å². The van der Waals surface area contributed by atoms with Gasteiger partial charge in [-0.1, -0.05) is 12.1 Å². The van der Waals surface area contributed by atoms with Gasteiger partial charge >= 0.3 is 0 Å². The van der Waals surface area contributed by atoms with E-state index in [1.807, 2.05) is 38.1 Å². The molecule has 2 atom stereocenters. The Bertz CT molecular complexity index is 443. The van der Waals surface area contributed by atoms with Gasteiger partial charge in [0.1, 0.15) is 0 Å². The average molecular weight is 327 g/mol. The van der Waals surface area contributed by atoms with Crippen LogP contribution in [0.15, 0.2) is 28.7 Å². The number of hydrogen-bond donors (Lipinski definition) is 1. The first-order chi connectivity index (χ1) is 9.04. The number of benzene rings is 1. The largest absolute Gasteiger partial charge is 0.373 e. The molecule has 4 nitrogen and oxygen atoms in total. The van der Waals surface area contributed by atoms with Gasteiger partial charge in [-0.2, -0.15) is 0 Å². The van der Waals surface area contributed by atoms with Crippen LogP contribution >= 0.6 is 15.9 Å². The van der Waals surface area contributed by atoms with Crippen LogP contribution in [0.4, 0.5) is 5.69 Å². The van der Waals surface area contributed by atoms with Gasteiger partial charge < -0.3 is 10.1 Å². The van der Waals surface area contributed by atoms with Crippen LogP contribution in [0.25, 0.3) is 0 Å². The number of carbonyl (C=O) groups excluding carboxylic acids is 1. The number of nitrogens with zero attached hydrogens (tertiary/aromatic N) is 1. The van der Waals surface area contributed by atoms with Gasteiger partial charge in [0.15, 0.2) is 0 Å². The van der Waals surface area contributed by atoms with Crippen molar-refractivity contribution in [2.45, 2.75) is 26.1 Å². The summed E-state index contributed by atoms with van der Waals surface area (Å²) in [5, 5.41) is 2.92. The van der Waals surface area contributed by atoms with Crippen LogP contribution in [0.1, 0.15) is 13.8 Å². The fourth-order valence-corrected chi connectivity index (χ4v) is 2.75. The second kappa shape index (κ2) is 6.50. The molecule has 0 radical (unpaired) electrons. The highest BCUT2D eigenvalue weighted by Gasteiger charge is 2.23. The summed E-state index contributed by atoms with van der Waals surface area (Å²) in [6.45, 7) is 6.07.